The Morgan fingerprint density at radius 3 is 2.67 bits per heavy atom. The van der Waals surface area contributed by atoms with E-state index in [2.05, 4.69) is 20.6 Å². The van der Waals surface area contributed by atoms with E-state index in [1.165, 1.54) is 10.5 Å². The maximum Gasteiger partial charge on any atom is 0.417 e. The molecule has 2 fully saturated rings. The van der Waals surface area contributed by atoms with Crippen molar-refractivity contribution >= 4 is 11.5 Å². The molecular weight excluding hydrogens is 355 g/mol. The first-order chi connectivity index (χ1) is 12.9. The maximum absolute atomic E-state index is 13.0. The molecule has 27 heavy (non-hydrogen) atoms. The Morgan fingerprint density at radius 2 is 1.96 bits per heavy atom. The standard InChI is InChI=1S/C19H18F3N5/c20-19(21,22)12-4-5-17-24-8-15(27(17)9-12)14-2-1-3-16(26-14)25-13-6-18(7-13)10-23-11-18/h1-5,8-9,13,23H,6-7,10-11H2,(H,25,26). The number of nitrogens with zero attached hydrogens (tertiary/aromatic N) is 3. The first-order valence-electron chi connectivity index (χ1n) is 8.91. The van der Waals surface area contributed by atoms with Gasteiger partial charge >= 0.3 is 6.18 Å². The van der Waals surface area contributed by atoms with Crippen LogP contribution in [0.15, 0.2) is 42.7 Å². The van der Waals surface area contributed by atoms with E-state index >= 15 is 0 Å². The van der Waals surface area contributed by atoms with E-state index in [0.717, 1.165) is 44.0 Å². The van der Waals surface area contributed by atoms with Crippen LogP contribution in [0, 0.1) is 5.41 Å². The zero-order chi connectivity index (χ0) is 18.6. The molecule has 3 aromatic heterocycles. The summed E-state index contributed by atoms with van der Waals surface area (Å²) in [4.78, 5) is 8.80. The summed E-state index contributed by atoms with van der Waals surface area (Å²) in [6, 6.07) is 8.34. The molecule has 5 nitrogen and oxygen atoms in total. The van der Waals surface area contributed by atoms with Crippen LogP contribution in [0.2, 0.25) is 0 Å². The Hall–Kier alpha value is -2.61. The fraction of sp³-hybridized carbons (Fsp3) is 0.368. The quantitative estimate of drug-likeness (QED) is 0.737. The summed E-state index contributed by atoms with van der Waals surface area (Å²) in [5, 5.41) is 6.75. The van der Waals surface area contributed by atoms with E-state index in [9.17, 15) is 13.2 Å². The Kier molecular flexibility index (Phi) is 3.49. The van der Waals surface area contributed by atoms with Gasteiger partial charge in [0.25, 0.3) is 0 Å². The number of hydrogen-bond donors (Lipinski definition) is 2. The molecule has 2 N–H and O–H groups in total. The number of halogens is 3. The molecule has 1 saturated heterocycles. The van der Waals surface area contributed by atoms with Gasteiger partial charge in [0.05, 0.1) is 23.1 Å². The van der Waals surface area contributed by atoms with E-state index in [0.29, 0.717) is 28.5 Å². The highest BCUT2D eigenvalue weighted by Gasteiger charge is 2.48. The Labute approximate surface area is 153 Å². The third kappa shape index (κ3) is 2.84. The Balaban J connectivity index is 1.43. The van der Waals surface area contributed by atoms with Gasteiger partial charge in [-0.15, -0.1) is 0 Å². The lowest BCUT2D eigenvalue weighted by molar-refractivity contribution is -0.137. The van der Waals surface area contributed by atoms with Crippen LogP contribution in [0.25, 0.3) is 17.0 Å². The first-order valence-corrected chi connectivity index (χ1v) is 8.91. The van der Waals surface area contributed by atoms with Crippen molar-refractivity contribution in [1.82, 2.24) is 19.7 Å². The minimum Gasteiger partial charge on any atom is -0.367 e. The normalized spacial score (nSPS) is 19.1. The average Bonchev–Trinajstić information content (AvgIpc) is 2.98. The summed E-state index contributed by atoms with van der Waals surface area (Å²) in [5.74, 6) is 0.738. The molecule has 2 aliphatic rings. The molecule has 1 spiro atoms. The third-order valence-corrected chi connectivity index (χ3v) is 5.56. The van der Waals surface area contributed by atoms with Gasteiger partial charge in [-0.3, -0.25) is 4.40 Å². The molecule has 140 valence electrons. The number of nitrogens with one attached hydrogen (secondary N) is 2. The highest BCUT2D eigenvalue weighted by Crippen LogP contribution is 2.45. The van der Waals surface area contributed by atoms with Crippen LogP contribution in [0.4, 0.5) is 19.0 Å². The van der Waals surface area contributed by atoms with Gasteiger partial charge in [-0.25, -0.2) is 9.97 Å². The molecule has 0 unspecified atom stereocenters. The number of rotatable bonds is 3. The summed E-state index contributed by atoms with van der Waals surface area (Å²) in [7, 11) is 0. The van der Waals surface area contributed by atoms with Gasteiger partial charge in [0.15, 0.2) is 0 Å². The van der Waals surface area contributed by atoms with Crippen molar-refractivity contribution in [1.29, 1.82) is 0 Å². The minimum atomic E-state index is -4.40. The number of aromatic nitrogens is 3. The van der Waals surface area contributed by atoms with Crippen LogP contribution in [0.3, 0.4) is 0 Å². The predicted molar refractivity (Wildman–Crippen MR) is 95.4 cm³/mol. The number of pyridine rings is 2. The fourth-order valence-corrected chi connectivity index (χ4v) is 4.06. The fourth-order valence-electron chi connectivity index (χ4n) is 4.06. The summed E-state index contributed by atoms with van der Waals surface area (Å²) in [6.45, 7) is 2.17. The molecule has 1 aliphatic heterocycles. The molecule has 5 rings (SSSR count). The van der Waals surface area contributed by atoms with E-state index in [1.54, 1.807) is 12.3 Å². The van der Waals surface area contributed by atoms with Gasteiger partial charge in [-0.2, -0.15) is 13.2 Å². The lowest BCUT2D eigenvalue weighted by atomic mass is 9.62. The topological polar surface area (TPSA) is 54.2 Å². The van der Waals surface area contributed by atoms with Gasteiger partial charge in [0.1, 0.15) is 11.5 Å². The van der Waals surface area contributed by atoms with Crippen molar-refractivity contribution < 1.29 is 13.2 Å². The van der Waals surface area contributed by atoms with Gasteiger partial charge < -0.3 is 10.6 Å². The lowest BCUT2D eigenvalue weighted by Crippen LogP contribution is -2.63. The highest BCUT2D eigenvalue weighted by atomic mass is 19.4. The molecular formula is C19H18F3N5. The van der Waals surface area contributed by atoms with Gasteiger partial charge in [0, 0.05) is 25.3 Å². The molecule has 0 amide bonds. The van der Waals surface area contributed by atoms with Gasteiger partial charge in [-0.1, -0.05) is 6.07 Å². The Bertz CT molecular complexity index is 998. The number of fused-ring (bicyclic) bond motifs is 1. The second-order valence-electron chi connectivity index (χ2n) is 7.55. The van der Waals surface area contributed by atoms with Crippen molar-refractivity contribution in [2.24, 2.45) is 5.41 Å². The molecule has 1 saturated carbocycles. The third-order valence-electron chi connectivity index (χ3n) is 5.56. The zero-order valence-corrected chi connectivity index (χ0v) is 14.4. The number of hydrogen-bond acceptors (Lipinski definition) is 4. The van der Waals surface area contributed by atoms with Gasteiger partial charge in [-0.05, 0) is 42.5 Å². The van der Waals surface area contributed by atoms with Crippen LogP contribution in [0.5, 0.6) is 0 Å². The zero-order valence-electron chi connectivity index (χ0n) is 14.4. The van der Waals surface area contributed by atoms with Gasteiger partial charge in [0.2, 0.25) is 0 Å². The second kappa shape index (κ2) is 5.69. The molecule has 0 aromatic carbocycles. The SMILES string of the molecule is FC(F)(F)c1ccc2ncc(-c3cccc(NC4CC5(CNC5)C4)n3)n2c1. The molecule has 0 radical (unpaired) electrons. The van der Waals surface area contributed by atoms with E-state index in [-0.39, 0.29) is 0 Å². The van der Waals surface area contributed by atoms with E-state index in [1.807, 2.05) is 12.1 Å². The summed E-state index contributed by atoms with van der Waals surface area (Å²) < 4.78 is 40.6. The molecule has 0 atom stereocenters. The minimum absolute atomic E-state index is 0.397. The van der Waals surface area contributed by atoms with Crippen molar-refractivity contribution in [2.45, 2.75) is 25.1 Å². The van der Waals surface area contributed by atoms with Crippen LogP contribution in [-0.2, 0) is 6.18 Å². The average molecular weight is 373 g/mol. The van der Waals surface area contributed by atoms with Crippen molar-refractivity contribution in [3.8, 4) is 11.4 Å². The van der Waals surface area contributed by atoms with Crippen molar-refractivity contribution in [3.05, 3.63) is 48.3 Å². The summed E-state index contributed by atoms with van der Waals surface area (Å²) in [6.07, 6.45) is 0.467. The Morgan fingerprint density at radius 1 is 1.15 bits per heavy atom. The van der Waals surface area contributed by atoms with Crippen LogP contribution < -0.4 is 10.6 Å². The monoisotopic (exact) mass is 373 g/mol. The van der Waals surface area contributed by atoms with E-state index in [4.69, 9.17) is 0 Å². The number of alkyl halides is 3. The lowest BCUT2D eigenvalue weighted by Gasteiger charge is -2.54. The van der Waals surface area contributed by atoms with Crippen LogP contribution >= 0.6 is 0 Å². The maximum atomic E-state index is 13.0. The van der Waals surface area contributed by atoms with Crippen molar-refractivity contribution in [3.63, 3.8) is 0 Å². The molecule has 1 aliphatic carbocycles. The molecule has 0 bridgehead atoms. The number of imidazole rings is 1. The van der Waals surface area contributed by atoms with Crippen LogP contribution in [0.1, 0.15) is 18.4 Å². The van der Waals surface area contributed by atoms with Crippen LogP contribution in [-0.4, -0.2) is 33.5 Å². The predicted octanol–water partition coefficient (Wildman–Crippen LogP) is 3.58. The summed E-state index contributed by atoms with van der Waals surface area (Å²) in [5.41, 5.74) is 1.33. The smallest absolute Gasteiger partial charge is 0.367 e. The summed E-state index contributed by atoms with van der Waals surface area (Å²) >= 11 is 0. The van der Waals surface area contributed by atoms with E-state index < -0.39 is 11.7 Å². The molecule has 8 heteroatoms. The second-order valence-corrected chi connectivity index (χ2v) is 7.55. The highest BCUT2D eigenvalue weighted by molar-refractivity contribution is 5.62. The molecule has 4 heterocycles. The first kappa shape index (κ1) is 16.6. The molecule has 3 aromatic rings. The largest absolute Gasteiger partial charge is 0.417 e. The number of anilines is 1. The van der Waals surface area contributed by atoms with Crippen molar-refractivity contribution in [2.75, 3.05) is 18.4 Å².